The van der Waals surface area contributed by atoms with E-state index in [0.29, 0.717) is 13.0 Å². The molecule has 0 atom stereocenters. The maximum Gasteiger partial charge on any atom is 0.164 e. The molecule has 1 aromatic heterocycles. The smallest absolute Gasteiger partial charge is 0.164 e. The minimum absolute atomic E-state index is 0.242. The second-order valence-electron chi connectivity index (χ2n) is 4.45. The predicted molar refractivity (Wildman–Crippen MR) is 69.2 cm³/mol. The zero-order valence-electron chi connectivity index (χ0n) is 10.7. The van der Waals surface area contributed by atoms with Gasteiger partial charge in [0.1, 0.15) is 0 Å². The standard InChI is InChI=1S/C14H23NO2/c1-2-7-14(17)13-8-10-15(12-13)9-5-3-4-6-11-16/h8,10,12,16H,2-7,9,11H2,1H3. The lowest BCUT2D eigenvalue weighted by molar-refractivity contribution is 0.0981. The van der Waals surface area contributed by atoms with Crippen molar-refractivity contribution in [1.29, 1.82) is 0 Å². The molecule has 0 fully saturated rings. The Kier molecular flexibility index (Phi) is 6.63. The third-order valence-electron chi connectivity index (χ3n) is 2.87. The molecule has 0 bridgehead atoms. The normalized spacial score (nSPS) is 10.7. The monoisotopic (exact) mass is 237 g/mol. The summed E-state index contributed by atoms with van der Waals surface area (Å²) in [5.74, 6) is 0.242. The van der Waals surface area contributed by atoms with Gasteiger partial charge in [0.25, 0.3) is 0 Å². The Bertz CT molecular complexity index is 331. The van der Waals surface area contributed by atoms with Crippen LogP contribution in [0.1, 0.15) is 55.8 Å². The molecule has 1 N–H and O–H groups in total. The quantitative estimate of drug-likeness (QED) is 0.530. The number of hydrogen-bond donors (Lipinski definition) is 1. The fraction of sp³-hybridized carbons (Fsp3) is 0.643. The van der Waals surface area contributed by atoms with Crippen LogP contribution in [-0.4, -0.2) is 22.1 Å². The number of aliphatic hydroxyl groups excluding tert-OH is 1. The number of carbonyl (C=O) groups is 1. The first-order chi connectivity index (χ1) is 8.27. The molecule has 1 heterocycles. The number of carbonyl (C=O) groups excluding carboxylic acids is 1. The number of unbranched alkanes of at least 4 members (excludes halogenated alkanes) is 3. The molecule has 0 aliphatic heterocycles. The van der Waals surface area contributed by atoms with Crippen LogP contribution >= 0.6 is 0 Å². The van der Waals surface area contributed by atoms with E-state index in [1.54, 1.807) is 0 Å². The van der Waals surface area contributed by atoms with Crippen molar-refractivity contribution in [3.63, 3.8) is 0 Å². The molecule has 0 aromatic carbocycles. The molecule has 0 aliphatic carbocycles. The Morgan fingerprint density at radius 1 is 1.29 bits per heavy atom. The first-order valence-corrected chi connectivity index (χ1v) is 6.57. The highest BCUT2D eigenvalue weighted by Crippen LogP contribution is 2.08. The molecule has 0 radical (unpaired) electrons. The SMILES string of the molecule is CCCC(=O)c1ccn(CCCCCCO)c1. The highest BCUT2D eigenvalue weighted by molar-refractivity contribution is 5.95. The van der Waals surface area contributed by atoms with Gasteiger partial charge in [-0.1, -0.05) is 19.8 Å². The topological polar surface area (TPSA) is 42.2 Å². The lowest BCUT2D eigenvalue weighted by Crippen LogP contribution is -1.98. The summed E-state index contributed by atoms with van der Waals surface area (Å²) in [6, 6.07) is 1.91. The van der Waals surface area contributed by atoms with Gasteiger partial charge in [0.05, 0.1) is 0 Å². The number of aromatic nitrogens is 1. The van der Waals surface area contributed by atoms with Crippen LogP contribution in [0, 0.1) is 0 Å². The fourth-order valence-electron chi connectivity index (χ4n) is 1.88. The van der Waals surface area contributed by atoms with Crippen LogP contribution in [0.3, 0.4) is 0 Å². The molecule has 0 unspecified atom stereocenters. The summed E-state index contributed by atoms with van der Waals surface area (Å²) in [6.45, 7) is 3.28. The van der Waals surface area contributed by atoms with Gasteiger partial charge < -0.3 is 9.67 Å². The van der Waals surface area contributed by atoms with E-state index in [1.165, 1.54) is 0 Å². The highest BCUT2D eigenvalue weighted by atomic mass is 16.2. The van der Waals surface area contributed by atoms with Crippen LogP contribution in [0.15, 0.2) is 18.5 Å². The van der Waals surface area contributed by atoms with Crippen molar-refractivity contribution in [1.82, 2.24) is 4.57 Å². The number of Topliss-reactive ketones (excluding diaryl/α,β-unsaturated/α-hetero) is 1. The van der Waals surface area contributed by atoms with Crippen molar-refractivity contribution in [3.05, 3.63) is 24.0 Å². The van der Waals surface area contributed by atoms with Gasteiger partial charge in [0, 0.05) is 37.5 Å². The molecule has 0 saturated heterocycles. The van der Waals surface area contributed by atoms with Crippen LogP contribution in [0.4, 0.5) is 0 Å². The van der Waals surface area contributed by atoms with E-state index in [9.17, 15) is 4.79 Å². The summed E-state index contributed by atoms with van der Waals surface area (Å²) in [7, 11) is 0. The molecule has 1 aromatic rings. The van der Waals surface area contributed by atoms with Gasteiger partial charge in [-0.15, -0.1) is 0 Å². The number of nitrogens with zero attached hydrogens (tertiary/aromatic N) is 1. The number of aryl methyl sites for hydroxylation is 1. The molecule has 1 rings (SSSR count). The van der Waals surface area contributed by atoms with Crippen molar-refractivity contribution in [2.24, 2.45) is 0 Å². The molecular weight excluding hydrogens is 214 g/mol. The number of ketones is 1. The third kappa shape index (κ3) is 5.18. The van der Waals surface area contributed by atoms with Gasteiger partial charge in [-0.3, -0.25) is 4.79 Å². The Balaban J connectivity index is 2.28. The van der Waals surface area contributed by atoms with Crippen molar-refractivity contribution < 1.29 is 9.90 Å². The summed E-state index contributed by atoms with van der Waals surface area (Å²) in [6.07, 6.45) is 9.70. The number of aliphatic hydroxyl groups is 1. The molecule has 0 aliphatic rings. The second-order valence-corrected chi connectivity index (χ2v) is 4.45. The fourth-order valence-corrected chi connectivity index (χ4v) is 1.88. The van der Waals surface area contributed by atoms with Crippen molar-refractivity contribution in [2.45, 2.75) is 52.0 Å². The lowest BCUT2D eigenvalue weighted by Gasteiger charge is -2.02. The van der Waals surface area contributed by atoms with E-state index in [0.717, 1.165) is 44.2 Å². The van der Waals surface area contributed by atoms with Crippen LogP contribution in [0.5, 0.6) is 0 Å². The zero-order valence-corrected chi connectivity index (χ0v) is 10.7. The number of rotatable bonds is 9. The molecule has 17 heavy (non-hydrogen) atoms. The maximum absolute atomic E-state index is 11.6. The zero-order chi connectivity index (χ0) is 12.5. The molecule has 3 nitrogen and oxygen atoms in total. The Morgan fingerprint density at radius 3 is 2.76 bits per heavy atom. The van der Waals surface area contributed by atoms with Crippen LogP contribution in [-0.2, 0) is 6.54 Å². The van der Waals surface area contributed by atoms with E-state index in [4.69, 9.17) is 5.11 Å². The minimum atomic E-state index is 0.242. The third-order valence-corrected chi connectivity index (χ3v) is 2.87. The molecule has 96 valence electrons. The maximum atomic E-state index is 11.6. The van der Waals surface area contributed by atoms with Gasteiger partial charge in [0.2, 0.25) is 0 Å². The van der Waals surface area contributed by atoms with Gasteiger partial charge in [-0.25, -0.2) is 0 Å². The second kappa shape index (κ2) is 8.07. The first kappa shape index (κ1) is 14.0. The van der Waals surface area contributed by atoms with Crippen LogP contribution in [0.2, 0.25) is 0 Å². The van der Waals surface area contributed by atoms with Crippen molar-refractivity contribution in [2.75, 3.05) is 6.61 Å². The Hall–Kier alpha value is -1.09. The summed E-state index contributed by atoms with van der Waals surface area (Å²) >= 11 is 0. The molecule has 3 heteroatoms. The van der Waals surface area contributed by atoms with E-state index in [-0.39, 0.29) is 5.78 Å². The molecule has 0 amide bonds. The predicted octanol–water partition coefficient (Wildman–Crippen LogP) is 3.02. The summed E-state index contributed by atoms with van der Waals surface area (Å²) < 4.78 is 2.09. The van der Waals surface area contributed by atoms with Crippen molar-refractivity contribution >= 4 is 5.78 Å². The van der Waals surface area contributed by atoms with Gasteiger partial charge in [-0.05, 0) is 25.3 Å². The Morgan fingerprint density at radius 2 is 2.06 bits per heavy atom. The van der Waals surface area contributed by atoms with Crippen molar-refractivity contribution in [3.8, 4) is 0 Å². The summed E-state index contributed by atoms with van der Waals surface area (Å²) in [4.78, 5) is 11.6. The number of hydrogen-bond acceptors (Lipinski definition) is 2. The van der Waals surface area contributed by atoms with Gasteiger partial charge in [-0.2, -0.15) is 0 Å². The summed E-state index contributed by atoms with van der Waals surface area (Å²) in [5, 5.41) is 8.65. The van der Waals surface area contributed by atoms with Gasteiger partial charge in [0.15, 0.2) is 5.78 Å². The van der Waals surface area contributed by atoms with E-state index in [2.05, 4.69) is 4.57 Å². The van der Waals surface area contributed by atoms with E-state index < -0.39 is 0 Å². The average molecular weight is 237 g/mol. The molecule has 0 saturated carbocycles. The highest BCUT2D eigenvalue weighted by Gasteiger charge is 2.05. The van der Waals surface area contributed by atoms with Crippen LogP contribution in [0.25, 0.3) is 0 Å². The van der Waals surface area contributed by atoms with E-state index >= 15 is 0 Å². The summed E-state index contributed by atoms with van der Waals surface area (Å²) in [5.41, 5.74) is 0.835. The van der Waals surface area contributed by atoms with Gasteiger partial charge >= 0.3 is 0 Å². The lowest BCUT2D eigenvalue weighted by atomic mass is 10.1. The van der Waals surface area contributed by atoms with E-state index in [1.807, 2.05) is 25.4 Å². The average Bonchev–Trinajstić information content (AvgIpc) is 2.78. The molecular formula is C14H23NO2. The van der Waals surface area contributed by atoms with Crippen LogP contribution < -0.4 is 0 Å². The Labute approximate surface area is 103 Å². The minimum Gasteiger partial charge on any atom is -0.396 e. The molecule has 0 spiro atoms. The largest absolute Gasteiger partial charge is 0.396 e. The first-order valence-electron chi connectivity index (χ1n) is 6.57.